The van der Waals surface area contributed by atoms with Gasteiger partial charge in [0.1, 0.15) is 6.10 Å². The highest BCUT2D eigenvalue weighted by Gasteiger charge is 2.08. The summed E-state index contributed by atoms with van der Waals surface area (Å²) >= 11 is 0. The topological polar surface area (TPSA) is 47.3 Å². The van der Waals surface area contributed by atoms with Crippen molar-refractivity contribution in [1.82, 2.24) is 9.78 Å². The summed E-state index contributed by atoms with van der Waals surface area (Å²) in [6.07, 6.45) is 4.02. The molecule has 0 saturated heterocycles. The van der Waals surface area contributed by atoms with Crippen LogP contribution in [0.5, 0.6) is 0 Å². The molecule has 0 aliphatic rings. The molecule has 0 spiro atoms. The maximum Gasteiger partial charge on any atom is 0.105 e. The SMILES string of the molecule is CCCn1cc(C(O)COC)cn1. The second-order valence-electron chi connectivity index (χ2n) is 3.01. The third-order valence-electron chi connectivity index (χ3n) is 1.82. The molecule has 0 bridgehead atoms. The van der Waals surface area contributed by atoms with Crippen molar-refractivity contribution >= 4 is 0 Å². The molecule has 74 valence electrons. The Morgan fingerprint density at radius 2 is 2.46 bits per heavy atom. The fourth-order valence-electron chi connectivity index (χ4n) is 1.16. The van der Waals surface area contributed by atoms with E-state index in [1.54, 1.807) is 13.3 Å². The lowest BCUT2D eigenvalue weighted by atomic mass is 10.2. The Hall–Kier alpha value is -0.870. The van der Waals surface area contributed by atoms with Crippen LogP contribution >= 0.6 is 0 Å². The third-order valence-corrected chi connectivity index (χ3v) is 1.82. The molecule has 1 heterocycles. The lowest BCUT2D eigenvalue weighted by Gasteiger charge is -2.05. The van der Waals surface area contributed by atoms with Crippen LogP contribution in [-0.4, -0.2) is 28.6 Å². The van der Waals surface area contributed by atoms with Gasteiger partial charge in [0.15, 0.2) is 0 Å². The Bertz CT molecular complexity index is 248. The minimum absolute atomic E-state index is 0.317. The largest absolute Gasteiger partial charge is 0.386 e. The monoisotopic (exact) mass is 184 g/mol. The molecular weight excluding hydrogens is 168 g/mol. The molecule has 1 N–H and O–H groups in total. The number of aliphatic hydroxyl groups excluding tert-OH is 1. The highest BCUT2D eigenvalue weighted by atomic mass is 16.5. The molecule has 1 unspecified atom stereocenters. The van der Waals surface area contributed by atoms with Crippen LogP contribution in [0, 0.1) is 0 Å². The maximum atomic E-state index is 9.52. The van der Waals surface area contributed by atoms with E-state index in [2.05, 4.69) is 12.0 Å². The number of aliphatic hydroxyl groups is 1. The van der Waals surface area contributed by atoms with Crippen molar-refractivity contribution in [2.75, 3.05) is 13.7 Å². The maximum absolute atomic E-state index is 9.52. The molecule has 0 aromatic carbocycles. The number of methoxy groups -OCH3 is 1. The summed E-state index contributed by atoms with van der Waals surface area (Å²) in [5, 5.41) is 13.6. The average Bonchev–Trinajstić information content (AvgIpc) is 2.54. The van der Waals surface area contributed by atoms with Crippen molar-refractivity contribution in [3.05, 3.63) is 18.0 Å². The molecule has 1 aromatic rings. The molecule has 1 aromatic heterocycles. The average molecular weight is 184 g/mol. The molecule has 4 heteroatoms. The summed E-state index contributed by atoms with van der Waals surface area (Å²) in [7, 11) is 1.57. The second kappa shape index (κ2) is 4.99. The first-order valence-electron chi connectivity index (χ1n) is 4.47. The second-order valence-corrected chi connectivity index (χ2v) is 3.01. The van der Waals surface area contributed by atoms with Crippen LogP contribution in [0.3, 0.4) is 0 Å². The van der Waals surface area contributed by atoms with Gasteiger partial charge in [-0.05, 0) is 6.42 Å². The van der Waals surface area contributed by atoms with Crippen LogP contribution in [0.4, 0.5) is 0 Å². The van der Waals surface area contributed by atoms with Crippen LogP contribution in [0.2, 0.25) is 0 Å². The van der Waals surface area contributed by atoms with E-state index in [0.717, 1.165) is 18.5 Å². The number of hydrogen-bond acceptors (Lipinski definition) is 3. The zero-order valence-electron chi connectivity index (χ0n) is 8.10. The number of rotatable bonds is 5. The van der Waals surface area contributed by atoms with Crippen LogP contribution < -0.4 is 0 Å². The van der Waals surface area contributed by atoms with Gasteiger partial charge < -0.3 is 9.84 Å². The normalized spacial score (nSPS) is 13.2. The Labute approximate surface area is 78.1 Å². The van der Waals surface area contributed by atoms with Gasteiger partial charge in [-0.2, -0.15) is 5.10 Å². The number of hydrogen-bond donors (Lipinski definition) is 1. The molecule has 4 nitrogen and oxygen atoms in total. The highest BCUT2D eigenvalue weighted by Crippen LogP contribution is 2.11. The van der Waals surface area contributed by atoms with Gasteiger partial charge in [0.05, 0.1) is 12.8 Å². The fourth-order valence-corrected chi connectivity index (χ4v) is 1.16. The van der Waals surface area contributed by atoms with E-state index < -0.39 is 6.10 Å². The predicted molar refractivity (Wildman–Crippen MR) is 49.4 cm³/mol. The fraction of sp³-hybridized carbons (Fsp3) is 0.667. The first-order chi connectivity index (χ1) is 6.27. The molecule has 0 radical (unpaired) electrons. The Morgan fingerprint density at radius 1 is 1.69 bits per heavy atom. The molecule has 13 heavy (non-hydrogen) atoms. The van der Waals surface area contributed by atoms with Gasteiger partial charge in [-0.1, -0.05) is 6.92 Å². The standard InChI is InChI=1S/C9H16N2O2/c1-3-4-11-6-8(5-10-11)9(12)7-13-2/h5-6,9,12H,3-4,7H2,1-2H3. The van der Waals surface area contributed by atoms with E-state index >= 15 is 0 Å². The molecule has 0 aliphatic heterocycles. The number of aromatic nitrogens is 2. The first-order valence-corrected chi connectivity index (χ1v) is 4.47. The van der Waals surface area contributed by atoms with Crippen LogP contribution in [0.1, 0.15) is 25.0 Å². The summed E-state index contributed by atoms with van der Waals surface area (Å²) in [6, 6.07) is 0. The highest BCUT2D eigenvalue weighted by molar-refractivity contribution is 5.07. The van der Waals surface area contributed by atoms with Crippen molar-refractivity contribution in [2.45, 2.75) is 26.0 Å². The van der Waals surface area contributed by atoms with Crippen molar-refractivity contribution in [1.29, 1.82) is 0 Å². The summed E-state index contributed by atoms with van der Waals surface area (Å²) < 4.78 is 6.67. The van der Waals surface area contributed by atoms with E-state index in [1.807, 2.05) is 10.9 Å². The lowest BCUT2D eigenvalue weighted by Crippen LogP contribution is -2.04. The minimum atomic E-state index is -0.560. The van der Waals surface area contributed by atoms with Gasteiger partial charge in [-0.15, -0.1) is 0 Å². The van der Waals surface area contributed by atoms with Crippen LogP contribution in [-0.2, 0) is 11.3 Å². The van der Waals surface area contributed by atoms with Crippen LogP contribution in [0.15, 0.2) is 12.4 Å². The molecule has 1 atom stereocenters. The van der Waals surface area contributed by atoms with Gasteiger partial charge in [0, 0.05) is 25.4 Å². The zero-order chi connectivity index (χ0) is 9.68. The molecule has 0 aliphatic carbocycles. The summed E-state index contributed by atoms with van der Waals surface area (Å²) in [5.41, 5.74) is 0.815. The summed E-state index contributed by atoms with van der Waals surface area (Å²) in [6.45, 7) is 3.30. The van der Waals surface area contributed by atoms with Gasteiger partial charge in [-0.25, -0.2) is 0 Å². The number of ether oxygens (including phenoxy) is 1. The molecular formula is C9H16N2O2. The van der Waals surface area contributed by atoms with Crippen molar-refractivity contribution < 1.29 is 9.84 Å². The molecule has 0 amide bonds. The van der Waals surface area contributed by atoms with E-state index in [1.165, 1.54) is 0 Å². The first kappa shape index (κ1) is 10.2. The zero-order valence-corrected chi connectivity index (χ0v) is 8.10. The van der Waals surface area contributed by atoms with Crippen molar-refractivity contribution in [3.8, 4) is 0 Å². The van der Waals surface area contributed by atoms with Crippen molar-refractivity contribution in [3.63, 3.8) is 0 Å². The van der Waals surface area contributed by atoms with Gasteiger partial charge in [0.2, 0.25) is 0 Å². The van der Waals surface area contributed by atoms with Gasteiger partial charge in [0.25, 0.3) is 0 Å². The predicted octanol–water partition coefficient (Wildman–Crippen LogP) is 0.973. The quantitative estimate of drug-likeness (QED) is 0.741. The summed E-state index contributed by atoms with van der Waals surface area (Å²) in [4.78, 5) is 0. The van der Waals surface area contributed by atoms with Gasteiger partial charge >= 0.3 is 0 Å². The van der Waals surface area contributed by atoms with E-state index in [0.29, 0.717) is 6.61 Å². The Balaban J connectivity index is 2.56. The van der Waals surface area contributed by atoms with Crippen molar-refractivity contribution in [2.24, 2.45) is 0 Å². The minimum Gasteiger partial charge on any atom is -0.386 e. The smallest absolute Gasteiger partial charge is 0.105 e. The van der Waals surface area contributed by atoms with Crippen LogP contribution in [0.25, 0.3) is 0 Å². The van der Waals surface area contributed by atoms with Gasteiger partial charge in [-0.3, -0.25) is 4.68 Å². The Morgan fingerprint density at radius 3 is 3.08 bits per heavy atom. The van der Waals surface area contributed by atoms with E-state index in [4.69, 9.17) is 4.74 Å². The number of aryl methyl sites for hydroxylation is 1. The Kier molecular flexibility index (Phi) is 3.92. The van der Waals surface area contributed by atoms with E-state index in [9.17, 15) is 5.11 Å². The number of nitrogens with zero attached hydrogens (tertiary/aromatic N) is 2. The van der Waals surface area contributed by atoms with E-state index in [-0.39, 0.29) is 0 Å². The lowest BCUT2D eigenvalue weighted by molar-refractivity contribution is 0.0643. The molecule has 0 fully saturated rings. The molecule has 1 rings (SSSR count). The molecule has 0 saturated carbocycles. The third kappa shape index (κ3) is 2.82. The summed E-state index contributed by atoms with van der Waals surface area (Å²) in [5.74, 6) is 0.